The SMILES string of the molecule is COc1ccccc1-c1noc(COC(=O)c2ccc(C)s2)n1. The quantitative estimate of drug-likeness (QED) is 0.667. The molecule has 0 unspecified atom stereocenters. The maximum Gasteiger partial charge on any atom is 0.348 e. The van der Waals surface area contributed by atoms with Crippen molar-refractivity contribution in [3.05, 3.63) is 52.0 Å². The second-order valence-corrected chi connectivity index (χ2v) is 5.99. The van der Waals surface area contributed by atoms with Gasteiger partial charge in [-0.1, -0.05) is 17.3 Å². The molecule has 0 bridgehead atoms. The summed E-state index contributed by atoms with van der Waals surface area (Å²) in [6, 6.07) is 10.9. The van der Waals surface area contributed by atoms with Crippen LogP contribution in [0.3, 0.4) is 0 Å². The molecule has 3 aromatic rings. The number of aromatic nitrogens is 2. The third kappa shape index (κ3) is 3.40. The summed E-state index contributed by atoms with van der Waals surface area (Å²) < 4.78 is 15.6. The number of aryl methyl sites for hydroxylation is 1. The van der Waals surface area contributed by atoms with Crippen molar-refractivity contribution in [1.29, 1.82) is 0 Å². The fraction of sp³-hybridized carbons (Fsp3) is 0.188. The van der Waals surface area contributed by atoms with Crippen molar-refractivity contribution in [2.75, 3.05) is 7.11 Å². The topological polar surface area (TPSA) is 74.5 Å². The maximum absolute atomic E-state index is 11.9. The molecule has 0 aliphatic carbocycles. The van der Waals surface area contributed by atoms with Gasteiger partial charge in [-0.15, -0.1) is 11.3 Å². The van der Waals surface area contributed by atoms with E-state index in [1.165, 1.54) is 11.3 Å². The van der Waals surface area contributed by atoms with E-state index < -0.39 is 5.97 Å². The summed E-state index contributed by atoms with van der Waals surface area (Å²) in [5.74, 6) is 0.860. The Hall–Kier alpha value is -2.67. The van der Waals surface area contributed by atoms with Gasteiger partial charge in [-0.2, -0.15) is 4.98 Å². The summed E-state index contributed by atoms with van der Waals surface area (Å²) in [6.07, 6.45) is 0. The minimum Gasteiger partial charge on any atom is -0.496 e. The molecule has 0 amide bonds. The van der Waals surface area contributed by atoms with Crippen LogP contribution in [0.5, 0.6) is 5.75 Å². The van der Waals surface area contributed by atoms with Gasteiger partial charge in [-0.05, 0) is 31.2 Å². The van der Waals surface area contributed by atoms with E-state index in [9.17, 15) is 4.79 Å². The van der Waals surface area contributed by atoms with E-state index in [4.69, 9.17) is 14.0 Å². The summed E-state index contributed by atoms with van der Waals surface area (Å²) in [5, 5.41) is 3.90. The van der Waals surface area contributed by atoms with Gasteiger partial charge in [0.2, 0.25) is 5.82 Å². The van der Waals surface area contributed by atoms with Gasteiger partial charge in [-0.3, -0.25) is 0 Å². The van der Waals surface area contributed by atoms with Crippen LogP contribution < -0.4 is 4.74 Å². The minimum absolute atomic E-state index is 0.0715. The van der Waals surface area contributed by atoms with Crippen molar-refractivity contribution in [2.45, 2.75) is 13.5 Å². The summed E-state index contributed by atoms with van der Waals surface area (Å²) in [7, 11) is 1.57. The molecule has 0 N–H and O–H groups in total. The summed E-state index contributed by atoms with van der Waals surface area (Å²) in [5.41, 5.74) is 0.713. The van der Waals surface area contributed by atoms with Gasteiger partial charge in [0.25, 0.3) is 5.89 Å². The summed E-state index contributed by atoms with van der Waals surface area (Å²) in [6.45, 7) is 1.86. The molecule has 1 aromatic carbocycles. The molecule has 7 heteroatoms. The van der Waals surface area contributed by atoms with Gasteiger partial charge in [0.1, 0.15) is 10.6 Å². The van der Waals surface area contributed by atoms with Crippen LogP contribution in [-0.4, -0.2) is 23.2 Å². The third-order valence-corrected chi connectivity index (χ3v) is 4.06. The fourth-order valence-electron chi connectivity index (χ4n) is 1.99. The van der Waals surface area contributed by atoms with Gasteiger partial charge in [-0.25, -0.2) is 4.79 Å². The van der Waals surface area contributed by atoms with Gasteiger partial charge < -0.3 is 14.0 Å². The van der Waals surface area contributed by atoms with Crippen molar-refractivity contribution in [3.8, 4) is 17.1 Å². The number of rotatable bonds is 5. The number of thiophene rings is 1. The van der Waals surface area contributed by atoms with Crippen LogP contribution >= 0.6 is 11.3 Å². The lowest BCUT2D eigenvalue weighted by atomic mass is 10.2. The molecule has 0 saturated heterocycles. The molecule has 3 rings (SSSR count). The van der Waals surface area contributed by atoms with E-state index in [0.717, 1.165) is 4.88 Å². The lowest BCUT2D eigenvalue weighted by Gasteiger charge is -2.03. The monoisotopic (exact) mass is 330 g/mol. The molecule has 0 radical (unpaired) electrons. The molecule has 0 atom stereocenters. The zero-order valence-corrected chi connectivity index (χ0v) is 13.4. The molecule has 118 valence electrons. The highest BCUT2D eigenvalue weighted by Gasteiger charge is 2.15. The molecule has 0 aliphatic rings. The zero-order valence-electron chi connectivity index (χ0n) is 12.6. The molecular formula is C16H14N2O4S. The first-order valence-corrected chi connectivity index (χ1v) is 7.68. The lowest BCUT2D eigenvalue weighted by molar-refractivity contribution is 0.0435. The second-order valence-electron chi connectivity index (χ2n) is 4.70. The first-order chi connectivity index (χ1) is 11.2. The van der Waals surface area contributed by atoms with Gasteiger partial charge >= 0.3 is 5.97 Å². The standard InChI is InChI=1S/C16H14N2O4S/c1-10-7-8-13(23-10)16(19)21-9-14-17-15(18-22-14)11-5-3-4-6-12(11)20-2/h3-8H,9H2,1-2H3. The van der Waals surface area contributed by atoms with E-state index in [2.05, 4.69) is 10.1 Å². The van der Waals surface area contributed by atoms with Gasteiger partial charge in [0, 0.05) is 4.88 Å². The van der Waals surface area contributed by atoms with E-state index in [1.807, 2.05) is 37.3 Å². The molecule has 0 fully saturated rings. The first-order valence-electron chi connectivity index (χ1n) is 6.87. The molecule has 0 spiro atoms. The average molecular weight is 330 g/mol. The van der Waals surface area contributed by atoms with Crippen LogP contribution in [-0.2, 0) is 11.3 Å². The van der Waals surface area contributed by atoms with E-state index >= 15 is 0 Å². The summed E-state index contributed by atoms with van der Waals surface area (Å²) in [4.78, 5) is 17.7. The molecule has 23 heavy (non-hydrogen) atoms. The number of carbonyl (C=O) groups is 1. The molecule has 0 aliphatic heterocycles. The van der Waals surface area contributed by atoms with Crippen LogP contribution in [0, 0.1) is 6.92 Å². The Morgan fingerprint density at radius 2 is 2.09 bits per heavy atom. The number of nitrogens with zero attached hydrogens (tertiary/aromatic N) is 2. The van der Waals surface area contributed by atoms with Crippen LogP contribution in [0.15, 0.2) is 40.9 Å². The highest BCUT2D eigenvalue weighted by Crippen LogP contribution is 2.27. The normalized spacial score (nSPS) is 10.5. The number of carbonyl (C=O) groups excluding carboxylic acids is 1. The van der Waals surface area contributed by atoms with Crippen molar-refractivity contribution in [2.24, 2.45) is 0 Å². The largest absolute Gasteiger partial charge is 0.496 e. The zero-order chi connectivity index (χ0) is 16.2. The van der Waals surface area contributed by atoms with Gasteiger partial charge in [0.05, 0.1) is 12.7 Å². The Balaban J connectivity index is 1.69. The van der Waals surface area contributed by atoms with Crippen LogP contribution in [0.2, 0.25) is 0 Å². The lowest BCUT2D eigenvalue weighted by Crippen LogP contribution is -2.03. The van der Waals surface area contributed by atoms with E-state index in [-0.39, 0.29) is 12.5 Å². The van der Waals surface area contributed by atoms with Crippen LogP contribution in [0.1, 0.15) is 20.4 Å². The Labute approximate surface area is 136 Å². The minimum atomic E-state index is -0.403. The second kappa shape index (κ2) is 6.62. The van der Waals surface area contributed by atoms with Crippen LogP contribution in [0.4, 0.5) is 0 Å². The fourth-order valence-corrected chi connectivity index (χ4v) is 2.76. The Bertz CT molecular complexity index is 825. The molecule has 0 saturated carbocycles. The predicted octanol–water partition coefficient (Wildman–Crippen LogP) is 3.47. The molecule has 6 nitrogen and oxygen atoms in total. The smallest absolute Gasteiger partial charge is 0.348 e. The van der Waals surface area contributed by atoms with Crippen molar-refractivity contribution >= 4 is 17.3 Å². The van der Waals surface area contributed by atoms with E-state index in [0.29, 0.717) is 22.0 Å². The molecular weight excluding hydrogens is 316 g/mol. The number of hydrogen-bond acceptors (Lipinski definition) is 7. The van der Waals surface area contributed by atoms with Crippen LogP contribution in [0.25, 0.3) is 11.4 Å². The van der Waals surface area contributed by atoms with Crippen molar-refractivity contribution < 1.29 is 18.8 Å². The van der Waals surface area contributed by atoms with Crippen molar-refractivity contribution in [3.63, 3.8) is 0 Å². The number of benzene rings is 1. The third-order valence-electron chi connectivity index (χ3n) is 3.08. The Morgan fingerprint density at radius 1 is 1.26 bits per heavy atom. The Kier molecular flexibility index (Phi) is 4.38. The number of para-hydroxylation sites is 1. The number of hydrogen-bond donors (Lipinski definition) is 0. The average Bonchev–Trinajstić information content (AvgIpc) is 3.21. The highest BCUT2D eigenvalue weighted by molar-refractivity contribution is 7.13. The van der Waals surface area contributed by atoms with Gasteiger partial charge in [0.15, 0.2) is 6.61 Å². The predicted molar refractivity (Wildman–Crippen MR) is 84.5 cm³/mol. The number of methoxy groups -OCH3 is 1. The molecule has 2 aromatic heterocycles. The van der Waals surface area contributed by atoms with E-state index in [1.54, 1.807) is 13.2 Å². The highest BCUT2D eigenvalue weighted by atomic mass is 32.1. The van der Waals surface area contributed by atoms with Crippen molar-refractivity contribution in [1.82, 2.24) is 10.1 Å². The molecule has 2 heterocycles. The maximum atomic E-state index is 11.9. The Morgan fingerprint density at radius 3 is 2.83 bits per heavy atom. The first kappa shape index (κ1) is 15.2. The number of ether oxygens (including phenoxy) is 2. The number of esters is 1. The summed E-state index contributed by atoms with van der Waals surface area (Å²) >= 11 is 1.38.